The summed E-state index contributed by atoms with van der Waals surface area (Å²) in [6.45, 7) is 7.63. The van der Waals surface area contributed by atoms with Crippen molar-refractivity contribution >= 4 is 0 Å². The van der Waals surface area contributed by atoms with Gasteiger partial charge in [-0.2, -0.15) is 0 Å². The van der Waals surface area contributed by atoms with E-state index in [-0.39, 0.29) is 11.0 Å². The zero-order valence-electron chi connectivity index (χ0n) is 12.7. The molecular weight excluding hydrogens is 236 g/mol. The van der Waals surface area contributed by atoms with Crippen molar-refractivity contribution in [1.82, 2.24) is 0 Å². The number of methoxy groups -OCH3 is 1. The number of benzene rings is 1. The fourth-order valence-electron chi connectivity index (χ4n) is 3.27. The molecule has 0 amide bonds. The molecule has 1 heterocycles. The Morgan fingerprint density at radius 3 is 2.37 bits per heavy atom. The molecule has 1 saturated heterocycles. The fraction of sp³-hybridized carbons (Fsp3) is 0.647. The normalized spacial score (nSPS) is 31.2. The van der Waals surface area contributed by atoms with Crippen LogP contribution in [-0.2, 0) is 10.2 Å². The fourth-order valence-corrected chi connectivity index (χ4v) is 3.27. The number of rotatable bonds is 4. The zero-order valence-corrected chi connectivity index (χ0v) is 12.7. The average Bonchev–Trinajstić information content (AvgIpc) is 2.47. The van der Waals surface area contributed by atoms with E-state index in [2.05, 4.69) is 45.0 Å². The summed E-state index contributed by atoms with van der Waals surface area (Å²) in [5.41, 5.74) is 1.71. The van der Waals surface area contributed by atoms with E-state index in [4.69, 9.17) is 9.47 Å². The maximum absolute atomic E-state index is 6.01. The molecule has 0 radical (unpaired) electrons. The van der Waals surface area contributed by atoms with Gasteiger partial charge >= 0.3 is 0 Å². The van der Waals surface area contributed by atoms with Gasteiger partial charge in [-0.25, -0.2) is 0 Å². The first kappa shape index (κ1) is 14.4. The van der Waals surface area contributed by atoms with Crippen molar-refractivity contribution in [2.24, 2.45) is 0 Å². The topological polar surface area (TPSA) is 18.5 Å². The summed E-state index contributed by atoms with van der Waals surface area (Å²) >= 11 is 0. The van der Waals surface area contributed by atoms with Gasteiger partial charge in [0.25, 0.3) is 0 Å². The largest absolute Gasteiger partial charge is 0.497 e. The lowest BCUT2D eigenvalue weighted by atomic mass is 9.67. The molecule has 0 aliphatic carbocycles. The van der Waals surface area contributed by atoms with Gasteiger partial charge in [-0.1, -0.05) is 26.0 Å². The van der Waals surface area contributed by atoms with Crippen molar-refractivity contribution in [2.75, 3.05) is 13.7 Å². The van der Waals surface area contributed by atoms with E-state index in [0.717, 1.165) is 38.0 Å². The van der Waals surface area contributed by atoms with Crippen molar-refractivity contribution in [3.8, 4) is 5.75 Å². The number of hydrogen-bond donors (Lipinski definition) is 0. The monoisotopic (exact) mass is 262 g/mol. The molecule has 106 valence electrons. The minimum absolute atomic E-state index is 0.0220. The SMILES string of the molecule is CCC1(C)CC(CC)(c2ccc(OC)cc2)CCO1. The van der Waals surface area contributed by atoms with Gasteiger partial charge in [-0.3, -0.25) is 0 Å². The molecule has 0 bridgehead atoms. The van der Waals surface area contributed by atoms with Gasteiger partial charge in [-0.15, -0.1) is 0 Å². The Labute approximate surface area is 117 Å². The van der Waals surface area contributed by atoms with Crippen molar-refractivity contribution in [2.45, 2.75) is 57.5 Å². The Hall–Kier alpha value is -1.02. The van der Waals surface area contributed by atoms with Crippen LogP contribution in [-0.4, -0.2) is 19.3 Å². The second-order valence-electron chi connectivity index (χ2n) is 5.94. The van der Waals surface area contributed by atoms with Crippen LogP contribution in [0.4, 0.5) is 0 Å². The lowest BCUT2D eigenvalue weighted by molar-refractivity contribution is -0.0973. The predicted octanol–water partition coefficient (Wildman–Crippen LogP) is 4.32. The molecule has 2 nitrogen and oxygen atoms in total. The second-order valence-corrected chi connectivity index (χ2v) is 5.94. The number of hydrogen-bond acceptors (Lipinski definition) is 2. The third kappa shape index (κ3) is 2.79. The van der Waals surface area contributed by atoms with E-state index in [1.807, 2.05) is 0 Å². The summed E-state index contributed by atoms with van der Waals surface area (Å²) in [7, 11) is 1.72. The molecule has 1 fully saturated rings. The average molecular weight is 262 g/mol. The third-order valence-electron chi connectivity index (χ3n) is 4.87. The standard InChI is InChI=1S/C17H26O2/c1-5-16(3)13-17(6-2,11-12-19-16)14-7-9-15(18-4)10-8-14/h7-10H,5-6,11-13H2,1-4H3. The van der Waals surface area contributed by atoms with Crippen LogP contribution in [0.3, 0.4) is 0 Å². The summed E-state index contributed by atoms with van der Waals surface area (Å²) < 4.78 is 11.3. The minimum Gasteiger partial charge on any atom is -0.497 e. The Morgan fingerprint density at radius 2 is 1.84 bits per heavy atom. The highest BCUT2D eigenvalue weighted by molar-refractivity contribution is 5.33. The Kier molecular flexibility index (Phi) is 4.19. The molecule has 0 aromatic heterocycles. The molecule has 2 atom stereocenters. The lowest BCUT2D eigenvalue weighted by Gasteiger charge is -2.46. The van der Waals surface area contributed by atoms with Crippen LogP contribution in [0.2, 0.25) is 0 Å². The van der Waals surface area contributed by atoms with Gasteiger partial charge in [-0.05, 0) is 55.7 Å². The van der Waals surface area contributed by atoms with Crippen LogP contribution in [0.15, 0.2) is 24.3 Å². The second kappa shape index (κ2) is 5.54. The van der Waals surface area contributed by atoms with E-state index in [0.29, 0.717) is 0 Å². The van der Waals surface area contributed by atoms with Crippen LogP contribution in [0.25, 0.3) is 0 Å². The molecule has 0 spiro atoms. The van der Waals surface area contributed by atoms with Crippen molar-refractivity contribution in [3.63, 3.8) is 0 Å². The summed E-state index contributed by atoms with van der Waals surface area (Å²) in [5, 5.41) is 0. The molecule has 2 rings (SSSR count). The highest BCUT2D eigenvalue weighted by Gasteiger charge is 2.42. The van der Waals surface area contributed by atoms with Crippen molar-refractivity contribution in [1.29, 1.82) is 0 Å². The Morgan fingerprint density at radius 1 is 1.16 bits per heavy atom. The summed E-state index contributed by atoms with van der Waals surface area (Å²) in [6, 6.07) is 8.60. The maximum atomic E-state index is 6.01. The van der Waals surface area contributed by atoms with Gasteiger partial charge in [0.2, 0.25) is 0 Å². The molecule has 1 aromatic rings. The van der Waals surface area contributed by atoms with E-state index in [1.165, 1.54) is 5.56 Å². The summed E-state index contributed by atoms with van der Waals surface area (Å²) in [5.74, 6) is 0.931. The van der Waals surface area contributed by atoms with E-state index >= 15 is 0 Å². The molecule has 1 aliphatic rings. The molecule has 0 N–H and O–H groups in total. The number of ether oxygens (including phenoxy) is 2. The zero-order chi connectivity index (χ0) is 13.9. The van der Waals surface area contributed by atoms with Crippen molar-refractivity contribution < 1.29 is 9.47 Å². The van der Waals surface area contributed by atoms with Gasteiger partial charge < -0.3 is 9.47 Å². The van der Waals surface area contributed by atoms with Crippen LogP contribution >= 0.6 is 0 Å². The smallest absolute Gasteiger partial charge is 0.118 e. The first-order chi connectivity index (χ1) is 9.07. The quantitative estimate of drug-likeness (QED) is 0.804. The van der Waals surface area contributed by atoms with Gasteiger partial charge in [0.15, 0.2) is 0 Å². The van der Waals surface area contributed by atoms with Crippen LogP contribution in [0.1, 0.15) is 52.0 Å². The molecule has 0 saturated carbocycles. The molecule has 1 aromatic carbocycles. The summed E-state index contributed by atoms with van der Waals surface area (Å²) in [4.78, 5) is 0. The van der Waals surface area contributed by atoms with Gasteiger partial charge in [0.1, 0.15) is 5.75 Å². The van der Waals surface area contributed by atoms with Gasteiger partial charge in [0.05, 0.1) is 12.7 Å². The van der Waals surface area contributed by atoms with Crippen molar-refractivity contribution in [3.05, 3.63) is 29.8 Å². The molecule has 1 aliphatic heterocycles. The first-order valence-electron chi connectivity index (χ1n) is 7.36. The van der Waals surface area contributed by atoms with E-state index in [1.54, 1.807) is 7.11 Å². The van der Waals surface area contributed by atoms with E-state index in [9.17, 15) is 0 Å². The molecular formula is C17H26O2. The summed E-state index contributed by atoms with van der Waals surface area (Å²) in [6.07, 6.45) is 4.47. The first-order valence-corrected chi connectivity index (χ1v) is 7.36. The maximum Gasteiger partial charge on any atom is 0.118 e. The Balaban J connectivity index is 2.30. The predicted molar refractivity (Wildman–Crippen MR) is 78.8 cm³/mol. The molecule has 19 heavy (non-hydrogen) atoms. The third-order valence-corrected chi connectivity index (χ3v) is 4.87. The highest BCUT2D eigenvalue weighted by atomic mass is 16.5. The van der Waals surface area contributed by atoms with Crippen LogP contribution < -0.4 is 4.74 Å². The van der Waals surface area contributed by atoms with Gasteiger partial charge in [0, 0.05) is 6.61 Å². The lowest BCUT2D eigenvalue weighted by Crippen LogP contribution is -2.45. The Bertz CT molecular complexity index is 412. The van der Waals surface area contributed by atoms with E-state index < -0.39 is 0 Å². The minimum atomic E-state index is 0.0220. The molecule has 2 unspecified atom stereocenters. The molecule has 2 heteroatoms. The van der Waals surface area contributed by atoms with Crippen LogP contribution in [0.5, 0.6) is 5.75 Å². The van der Waals surface area contributed by atoms with Crippen LogP contribution in [0, 0.1) is 0 Å². The highest BCUT2D eigenvalue weighted by Crippen LogP contribution is 2.45.